The van der Waals surface area contributed by atoms with E-state index in [-0.39, 0.29) is 24.2 Å². The summed E-state index contributed by atoms with van der Waals surface area (Å²) < 4.78 is 18.5. The molecule has 1 aliphatic rings. The summed E-state index contributed by atoms with van der Waals surface area (Å²) in [6.45, 7) is 2.30. The number of urea groups is 1. The summed E-state index contributed by atoms with van der Waals surface area (Å²) in [6, 6.07) is 4.48. The third-order valence-electron chi connectivity index (χ3n) is 3.96. The van der Waals surface area contributed by atoms with Crippen LogP contribution in [0.4, 0.5) is 14.9 Å². The average molecular weight is 338 g/mol. The average Bonchev–Trinajstić information content (AvgIpc) is 2.59. The SMILES string of the molecule is COc1cc(N2CCN(C(=O)NCC(=O)N(C)C)CC2)ccc1F. The minimum absolute atomic E-state index is 0.0127. The number of halogens is 1. The van der Waals surface area contributed by atoms with Crippen LogP contribution >= 0.6 is 0 Å². The van der Waals surface area contributed by atoms with E-state index in [1.807, 2.05) is 0 Å². The van der Waals surface area contributed by atoms with Gasteiger partial charge >= 0.3 is 6.03 Å². The van der Waals surface area contributed by atoms with Gasteiger partial charge in [-0.1, -0.05) is 0 Å². The molecule has 0 atom stereocenters. The fourth-order valence-electron chi connectivity index (χ4n) is 2.43. The molecule has 0 aliphatic carbocycles. The van der Waals surface area contributed by atoms with Gasteiger partial charge in [-0.25, -0.2) is 9.18 Å². The van der Waals surface area contributed by atoms with Crippen molar-refractivity contribution in [1.29, 1.82) is 0 Å². The van der Waals surface area contributed by atoms with Gasteiger partial charge in [0.2, 0.25) is 5.91 Å². The summed E-state index contributed by atoms with van der Waals surface area (Å²) in [4.78, 5) is 28.7. The van der Waals surface area contributed by atoms with Gasteiger partial charge in [-0.3, -0.25) is 4.79 Å². The van der Waals surface area contributed by atoms with Crippen LogP contribution in [0, 0.1) is 5.82 Å². The lowest BCUT2D eigenvalue weighted by Gasteiger charge is -2.36. The summed E-state index contributed by atoms with van der Waals surface area (Å²) in [5.74, 6) is -0.347. The molecule has 0 unspecified atom stereocenters. The third kappa shape index (κ3) is 4.27. The van der Waals surface area contributed by atoms with Gasteiger partial charge in [0.1, 0.15) is 0 Å². The van der Waals surface area contributed by atoms with Crippen LogP contribution in [0.25, 0.3) is 0 Å². The quantitative estimate of drug-likeness (QED) is 0.880. The molecule has 1 aromatic carbocycles. The number of ether oxygens (including phenoxy) is 1. The van der Waals surface area contributed by atoms with Crippen molar-refractivity contribution < 1.29 is 18.7 Å². The summed E-state index contributed by atoms with van der Waals surface area (Å²) in [7, 11) is 4.72. The Morgan fingerprint density at radius 3 is 2.50 bits per heavy atom. The first-order valence-electron chi connectivity index (χ1n) is 7.73. The smallest absolute Gasteiger partial charge is 0.317 e. The Labute approximate surface area is 141 Å². The Morgan fingerprint density at radius 1 is 1.25 bits per heavy atom. The van der Waals surface area contributed by atoms with Crippen LogP contribution in [0.3, 0.4) is 0 Å². The van der Waals surface area contributed by atoms with Gasteiger partial charge in [-0.05, 0) is 12.1 Å². The highest BCUT2D eigenvalue weighted by Crippen LogP contribution is 2.25. The predicted molar refractivity (Wildman–Crippen MR) is 88.8 cm³/mol. The van der Waals surface area contributed by atoms with Crippen molar-refractivity contribution in [2.75, 3.05) is 58.8 Å². The van der Waals surface area contributed by atoms with E-state index in [1.54, 1.807) is 31.1 Å². The molecular formula is C16H23FN4O3. The van der Waals surface area contributed by atoms with Gasteiger partial charge in [0.15, 0.2) is 11.6 Å². The maximum atomic E-state index is 13.5. The highest BCUT2D eigenvalue weighted by Gasteiger charge is 2.22. The molecular weight excluding hydrogens is 315 g/mol. The first-order valence-corrected chi connectivity index (χ1v) is 7.73. The number of nitrogens with one attached hydrogen (secondary N) is 1. The van der Waals surface area contributed by atoms with Crippen molar-refractivity contribution in [2.45, 2.75) is 0 Å². The van der Waals surface area contributed by atoms with Gasteiger partial charge in [-0.2, -0.15) is 0 Å². The number of nitrogens with zero attached hydrogens (tertiary/aromatic N) is 3. The molecule has 1 heterocycles. The Bertz CT molecular complexity index is 601. The highest BCUT2D eigenvalue weighted by molar-refractivity contribution is 5.83. The molecule has 2 rings (SSSR count). The van der Waals surface area contributed by atoms with Gasteiger partial charge in [0.25, 0.3) is 0 Å². The minimum Gasteiger partial charge on any atom is -0.494 e. The van der Waals surface area contributed by atoms with E-state index >= 15 is 0 Å². The molecule has 3 amide bonds. The van der Waals surface area contributed by atoms with Crippen LogP contribution in [0.5, 0.6) is 5.75 Å². The molecule has 24 heavy (non-hydrogen) atoms. The van der Waals surface area contributed by atoms with Crippen molar-refractivity contribution >= 4 is 17.6 Å². The van der Waals surface area contributed by atoms with Crippen molar-refractivity contribution in [1.82, 2.24) is 15.1 Å². The topological polar surface area (TPSA) is 65.1 Å². The number of anilines is 1. The Hall–Kier alpha value is -2.51. The monoisotopic (exact) mass is 338 g/mol. The first kappa shape index (κ1) is 17.8. The lowest BCUT2D eigenvalue weighted by Crippen LogP contribution is -2.53. The van der Waals surface area contributed by atoms with Gasteiger partial charge < -0.3 is 24.8 Å². The van der Waals surface area contributed by atoms with E-state index in [0.717, 1.165) is 5.69 Å². The van der Waals surface area contributed by atoms with Crippen LogP contribution in [0.2, 0.25) is 0 Å². The number of rotatable bonds is 4. The molecule has 132 valence electrons. The number of hydrogen-bond acceptors (Lipinski definition) is 4. The molecule has 8 heteroatoms. The zero-order valence-electron chi connectivity index (χ0n) is 14.2. The van der Waals surface area contributed by atoms with Gasteiger partial charge in [0.05, 0.1) is 13.7 Å². The van der Waals surface area contributed by atoms with Crippen molar-refractivity contribution in [3.05, 3.63) is 24.0 Å². The molecule has 0 bridgehead atoms. The Balaban J connectivity index is 1.87. The van der Waals surface area contributed by atoms with Gasteiger partial charge in [0, 0.05) is 52.0 Å². The molecule has 1 aliphatic heterocycles. The lowest BCUT2D eigenvalue weighted by atomic mass is 10.2. The summed E-state index contributed by atoms with van der Waals surface area (Å²) in [5.41, 5.74) is 0.857. The maximum absolute atomic E-state index is 13.5. The van der Waals surface area contributed by atoms with E-state index < -0.39 is 5.82 Å². The molecule has 1 N–H and O–H groups in total. The molecule has 1 aromatic rings. The number of piperazine rings is 1. The maximum Gasteiger partial charge on any atom is 0.317 e. The van der Waals surface area contributed by atoms with Crippen LogP contribution in [0.1, 0.15) is 0 Å². The van der Waals surface area contributed by atoms with E-state index in [1.165, 1.54) is 18.1 Å². The number of hydrogen-bond donors (Lipinski definition) is 1. The van der Waals surface area contributed by atoms with Crippen LogP contribution < -0.4 is 15.0 Å². The Morgan fingerprint density at radius 2 is 1.92 bits per heavy atom. The zero-order chi connectivity index (χ0) is 17.7. The second-order valence-corrected chi connectivity index (χ2v) is 5.74. The normalized spacial score (nSPS) is 14.3. The molecule has 0 aromatic heterocycles. The third-order valence-corrected chi connectivity index (χ3v) is 3.96. The lowest BCUT2D eigenvalue weighted by molar-refractivity contribution is -0.127. The first-order chi connectivity index (χ1) is 11.4. The molecule has 0 spiro atoms. The number of benzene rings is 1. The van der Waals surface area contributed by atoms with Crippen molar-refractivity contribution in [3.8, 4) is 5.75 Å². The van der Waals surface area contributed by atoms with Crippen LogP contribution in [-0.4, -0.2) is 75.7 Å². The second kappa shape index (κ2) is 7.85. The van der Waals surface area contributed by atoms with Crippen molar-refractivity contribution in [3.63, 3.8) is 0 Å². The largest absolute Gasteiger partial charge is 0.494 e. The fourth-order valence-corrected chi connectivity index (χ4v) is 2.43. The zero-order valence-corrected chi connectivity index (χ0v) is 14.2. The fraction of sp³-hybridized carbons (Fsp3) is 0.500. The highest BCUT2D eigenvalue weighted by atomic mass is 19.1. The minimum atomic E-state index is -0.398. The summed E-state index contributed by atoms with van der Waals surface area (Å²) in [5, 5.41) is 2.62. The van der Waals surface area contributed by atoms with E-state index in [9.17, 15) is 14.0 Å². The summed E-state index contributed by atoms with van der Waals surface area (Å²) in [6.07, 6.45) is 0. The molecule has 1 fully saturated rings. The predicted octanol–water partition coefficient (Wildman–Crippen LogP) is 0.754. The van der Waals surface area contributed by atoms with Crippen molar-refractivity contribution in [2.24, 2.45) is 0 Å². The van der Waals surface area contributed by atoms with E-state index in [2.05, 4.69) is 10.2 Å². The summed E-state index contributed by atoms with van der Waals surface area (Å²) >= 11 is 0. The van der Waals surface area contributed by atoms with Gasteiger partial charge in [-0.15, -0.1) is 0 Å². The van der Waals surface area contributed by atoms with E-state index in [4.69, 9.17) is 4.74 Å². The number of likely N-dealkylation sites (N-methyl/N-ethyl adjacent to an activating group) is 1. The van der Waals surface area contributed by atoms with E-state index in [0.29, 0.717) is 26.2 Å². The molecule has 0 radical (unpaired) electrons. The number of carbonyl (C=O) groups is 2. The Kier molecular flexibility index (Phi) is 5.83. The number of amides is 3. The second-order valence-electron chi connectivity index (χ2n) is 5.74. The molecule has 7 nitrogen and oxygen atoms in total. The molecule has 0 saturated carbocycles. The van der Waals surface area contributed by atoms with Crippen LogP contribution in [-0.2, 0) is 4.79 Å². The standard InChI is InChI=1S/C16H23FN4O3/c1-19(2)15(22)11-18-16(23)21-8-6-20(7-9-21)12-4-5-13(17)14(10-12)24-3/h4-5,10H,6-9,11H2,1-3H3,(H,18,23). The number of methoxy groups -OCH3 is 1. The number of carbonyl (C=O) groups excluding carboxylic acids is 2. The van der Waals surface area contributed by atoms with Crippen LogP contribution in [0.15, 0.2) is 18.2 Å². The molecule has 1 saturated heterocycles.